The van der Waals surface area contributed by atoms with Crippen LogP contribution >= 0.6 is 0 Å². The van der Waals surface area contributed by atoms with Crippen LogP contribution in [0.1, 0.15) is 44.1 Å². The van der Waals surface area contributed by atoms with Crippen molar-refractivity contribution < 1.29 is 27.9 Å². The van der Waals surface area contributed by atoms with E-state index in [4.69, 9.17) is 11.1 Å². The van der Waals surface area contributed by atoms with Gasteiger partial charge in [-0.15, -0.1) is 0 Å². The number of amides is 2. The summed E-state index contributed by atoms with van der Waals surface area (Å²) in [7, 11) is -3.90. The van der Waals surface area contributed by atoms with Gasteiger partial charge in [0.05, 0.1) is 4.90 Å². The van der Waals surface area contributed by atoms with E-state index < -0.39 is 34.0 Å². The molecule has 0 spiro atoms. The van der Waals surface area contributed by atoms with Gasteiger partial charge in [-0.05, 0) is 68.4 Å². The fourth-order valence-electron chi connectivity index (χ4n) is 5.41. The van der Waals surface area contributed by atoms with E-state index >= 15 is 0 Å². The van der Waals surface area contributed by atoms with Gasteiger partial charge in [0, 0.05) is 30.6 Å². The van der Waals surface area contributed by atoms with Crippen LogP contribution in [0.2, 0.25) is 0 Å². The molecule has 0 radical (unpaired) electrons. The van der Waals surface area contributed by atoms with E-state index in [-0.39, 0.29) is 41.7 Å². The number of carbonyl (C=O) groups excluding carboxylic acids is 2. The molecule has 1 saturated heterocycles. The molecule has 12 nitrogen and oxygen atoms in total. The van der Waals surface area contributed by atoms with Crippen LogP contribution in [0.25, 0.3) is 0 Å². The zero-order valence-corrected chi connectivity index (χ0v) is 23.4. The Kier molecular flexibility index (Phi) is 9.61. The zero-order valence-electron chi connectivity index (χ0n) is 22.6. The van der Waals surface area contributed by atoms with Gasteiger partial charge in [-0.3, -0.25) is 15.0 Å². The molecule has 2 fully saturated rings. The number of hydrogen-bond acceptors (Lipinski definition) is 6. The number of nitrogens with two attached hydrogens (primary N) is 1. The first-order chi connectivity index (χ1) is 19.5. The number of anilines is 1. The van der Waals surface area contributed by atoms with Gasteiger partial charge in [0.25, 0.3) is 0 Å². The molecule has 0 aromatic heterocycles. The van der Waals surface area contributed by atoms with Gasteiger partial charge >= 0.3 is 5.97 Å². The highest BCUT2D eigenvalue weighted by atomic mass is 32.2. The maximum absolute atomic E-state index is 13.1. The molecule has 0 bridgehead atoms. The SMILES string of the molecule is N=C(N)N[C@H]1CC[C@H](C(=O)Nc2ccc(C[C@H](NC(=O)[C@@H]3CCCN3S(=O)(=O)c3ccccc3)C(=O)O)cc2)CC1. The number of hydrogen-bond donors (Lipinski definition) is 6. The normalized spacial score (nSPS) is 21.9. The largest absolute Gasteiger partial charge is 0.480 e. The molecule has 1 saturated carbocycles. The Morgan fingerprint density at radius 1 is 0.976 bits per heavy atom. The molecule has 4 rings (SSSR count). The third-order valence-corrected chi connectivity index (χ3v) is 9.51. The van der Waals surface area contributed by atoms with Gasteiger partial charge in [0.15, 0.2) is 5.96 Å². The second-order valence-electron chi connectivity index (χ2n) is 10.5. The minimum absolute atomic E-state index is 0.0133. The van der Waals surface area contributed by atoms with Crippen LogP contribution in [0.15, 0.2) is 59.5 Å². The third kappa shape index (κ3) is 7.61. The fraction of sp³-hybridized carbons (Fsp3) is 0.429. The van der Waals surface area contributed by atoms with E-state index in [2.05, 4.69) is 16.0 Å². The van der Waals surface area contributed by atoms with Crippen molar-refractivity contribution >= 4 is 39.5 Å². The number of rotatable bonds is 10. The lowest BCUT2D eigenvalue weighted by molar-refractivity contribution is -0.142. The minimum atomic E-state index is -3.90. The van der Waals surface area contributed by atoms with Crippen LogP contribution in [0.5, 0.6) is 0 Å². The van der Waals surface area contributed by atoms with Gasteiger partial charge in [-0.2, -0.15) is 4.31 Å². The fourth-order valence-corrected chi connectivity index (χ4v) is 7.09. The molecule has 41 heavy (non-hydrogen) atoms. The van der Waals surface area contributed by atoms with Gasteiger partial charge in [0.2, 0.25) is 21.8 Å². The Balaban J connectivity index is 1.33. The highest BCUT2D eigenvalue weighted by Crippen LogP contribution is 2.27. The summed E-state index contributed by atoms with van der Waals surface area (Å²) in [5, 5.41) is 25.4. The molecule has 0 unspecified atom stereocenters. The molecule has 2 amide bonds. The Morgan fingerprint density at radius 3 is 2.24 bits per heavy atom. The first-order valence-corrected chi connectivity index (χ1v) is 15.1. The van der Waals surface area contributed by atoms with Crippen molar-refractivity contribution in [2.24, 2.45) is 11.7 Å². The molecule has 2 aliphatic rings. The van der Waals surface area contributed by atoms with Crippen molar-refractivity contribution in [1.29, 1.82) is 5.41 Å². The predicted octanol–water partition coefficient (Wildman–Crippen LogP) is 1.63. The lowest BCUT2D eigenvalue weighted by Gasteiger charge is -2.28. The molecule has 1 heterocycles. The number of nitrogens with zero attached hydrogens (tertiary/aromatic N) is 1. The summed E-state index contributed by atoms with van der Waals surface area (Å²) < 4.78 is 27.4. The summed E-state index contributed by atoms with van der Waals surface area (Å²) in [5.41, 5.74) is 6.59. The molecule has 1 aliphatic heterocycles. The smallest absolute Gasteiger partial charge is 0.326 e. The van der Waals surface area contributed by atoms with Crippen LogP contribution < -0.4 is 21.7 Å². The summed E-state index contributed by atoms with van der Waals surface area (Å²) >= 11 is 0. The number of benzene rings is 2. The van der Waals surface area contributed by atoms with Gasteiger partial charge in [-0.25, -0.2) is 13.2 Å². The highest BCUT2D eigenvalue weighted by Gasteiger charge is 2.40. The molecule has 1 aliphatic carbocycles. The first-order valence-electron chi connectivity index (χ1n) is 13.6. The van der Waals surface area contributed by atoms with E-state index in [0.29, 0.717) is 36.9 Å². The monoisotopic (exact) mass is 584 g/mol. The quantitative estimate of drug-likeness (QED) is 0.179. The Labute approximate surface area is 239 Å². The molecule has 13 heteroatoms. The summed E-state index contributed by atoms with van der Waals surface area (Å²) in [6, 6.07) is 12.4. The minimum Gasteiger partial charge on any atom is -0.480 e. The first kappa shape index (κ1) is 30.0. The second-order valence-corrected chi connectivity index (χ2v) is 12.4. The van der Waals surface area contributed by atoms with Gasteiger partial charge in [0.1, 0.15) is 12.1 Å². The van der Waals surface area contributed by atoms with E-state index in [0.717, 1.165) is 17.1 Å². The Morgan fingerprint density at radius 2 is 1.63 bits per heavy atom. The van der Waals surface area contributed by atoms with Crippen molar-refractivity contribution in [3.63, 3.8) is 0 Å². The Hall–Kier alpha value is -3.97. The molecular formula is C28H36N6O6S. The molecular weight excluding hydrogens is 548 g/mol. The summed E-state index contributed by atoms with van der Waals surface area (Å²) in [6.45, 7) is 0.178. The van der Waals surface area contributed by atoms with Gasteiger partial charge in [-0.1, -0.05) is 30.3 Å². The van der Waals surface area contributed by atoms with Crippen LogP contribution in [-0.2, 0) is 30.8 Å². The molecule has 2 atom stereocenters. The standard InChI is InChI=1S/C28H36N6O6S/c29-28(30)32-21-14-10-19(11-15-21)25(35)31-20-12-8-18(9-13-20)17-23(27(37)38)33-26(36)24-7-4-16-34(24)41(39,40)22-5-2-1-3-6-22/h1-3,5-6,8-9,12-13,19,21,23-24H,4,7,10-11,14-17H2,(H,31,35)(H,33,36)(H,37,38)(H4,29,30,32)/t19-,21-,23-,24-/m0/s1. The van der Waals surface area contributed by atoms with E-state index in [9.17, 15) is 27.9 Å². The van der Waals surface area contributed by atoms with Crippen molar-refractivity contribution in [3.05, 3.63) is 60.2 Å². The highest BCUT2D eigenvalue weighted by molar-refractivity contribution is 7.89. The summed E-state index contributed by atoms with van der Waals surface area (Å²) in [5.74, 6) is -2.19. The molecule has 7 N–H and O–H groups in total. The van der Waals surface area contributed by atoms with Crippen molar-refractivity contribution in [2.75, 3.05) is 11.9 Å². The molecule has 2 aromatic rings. The van der Waals surface area contributed by atoms with E-state index in [1.54, 1.807) is 42.5 Å². The second kappa shape index (κ2) is 13.1. The van der Waals surface area contributed by atoms with Crippen LogP contribution in [0.4, 0.5) is 5.69 Å². The average Bonchev–Trinajstić information content (AvgIpc) is 3.45. The number of carbonyl (C=O) groups is 3. The third-order valence-electron chi connectivity index (χ3n) is 7.59. The zero-order chi connectivity index (χ0) is 29.6. The summed E-state index contributed by atoms with van der Waals surface area (Å²) in [4.78, 5) is 37.9. The van der Waals surface area contributed by atoms with Crippen LogP contribution in [0.3, 0.4) is 0 Å². The van der Waals surface area contributed by atoms with Crippen molar-refractivity contribution in [2.45, 2.75) is 68.0 Å². The summed E-state index contributed by atoms with van der Waals surface area (Å²) in [6.07, 6.45) is 3.63. The number of guanidine groups is 1. The molecule has 2 aromatic carbocycles. The Bertz CT molecular complexity index is 1360. The maximum atomic E-state index is 13.1. The average molecular weight is 585 g/mol. The van der Waals surface area contributed by atoms with Crippen molar-refractivity contribution in [3.8, 4) is 0 Å². The number of carboxylic acid groups (broad SMARTS) is 1. The predicted molar refractivity (Wildman–Crippen MR) is 152 cm³/mol. The maximum Gasteiger partial charge on any atom is 0.326 e. The number of carboxylic acids is 1. The lowest BCUT2D eigenvalue weighted by atomic mass is 9.85. The number of nitrogens with one attached hydrogen (secondary N) is 4. The lowest BCUT2D eigenvalue weighted by Crippen LogP contribution is -2.51. The van der Waals surface area contributed by atoms with Crippen LogP contribution in [-0.4, -0.2) is 66.2 Å². The van der Waals surface area contributed by atoms with Crippen LogP contribution in [0, 0.1) is 11.3 Å². The number of sulfonamides is 1. The van der Waals surface area contributed by atoms with E-state index in [1.165, 1.54) is 12.1 Å². The molecule has 220 valence electrons. The van der Waals surface area contributed by atoms with Gasteiger partial charge < -0.3 is 26.8 Å². The van der Waals surface area contributed by atoms with Crippen molar-refractivity contribution in [1.82, 2.24) is 14.9 Å². The topological polar surface area (TPSA) is 195 Å². The van der Waals surface area contributed by atoms with E-state index in [1.807, 2.05) is 0 Å². The number of aliphatic carboxylic acids is 1.